The van der Waals surface area contributed by atoms with Gasteiger partial charge in [-0.2, -0.15) is 5.10 Å². The highest BCUT2D eigenvalue weighted by molar-refractivity contribution is 5.44. The molecule has 3 rings (SSSR count). The second-order valence-corrected chi connectivity index (χ2v) is 5.39. The SMILES string of the molecule is O=c1cc(N2CC[C@H](O)C2)cnn1[C@H]1CCCNC1. The molecule has 2 atom stereocenters. The van der Waals surface area contributed by atoms with Crippen LogP contribution in [0, 0.1) is 0 Å². The van der Waals surface area contributed by atoms with Crippen molar-refractivity contribution in [1.29, 1.82) is 0 Å². The summed E-state index contributed by atoms with van der Waals surface area (Å²) in [6.07, 6.45) is 4.30. The molecule has 0 radical (unpaired) electrons. The molecule has 19 heavy (non-hydrogen) atoms. The van der Waals surface area contributed by atoms with Crippen LogP contribution < -0.4 is 15.8 Å². The Bertz CT molecular complexity index is 496. The fourth-order valence-electron chi connectivity index (χ4n) is 2.87. The number of nitrogens with one attached hydrogen (secondary N) is 1. The summed E-state index contributed by atoms with van der Waals surface area (Å²) >= 11 is 0. The van der Waals surface area contributed by atoms with Crippen molar-refractivity contribution in [1.82, 2.24) is 15.1 Å². The van der Waals surface area contributed by atoms with E-state index in [1.807, 2.05) is 4.90 Å². The van der Waals surface area contributed by atoms with Crippen LogP contribution in [0.2, 0.25) is 0 Å². The zero-order valence-corrected chi connectivity index (χ0v) is 11.0. The maximum atomic E-state index is 12.2. The van der Waals surface area contributed by atoms with Crippen LogP contribution in [0.5, 0.6) is 0 Å². The van der Waals surface area contributed by atoms with E-state index in [1.165, 1.54) is 0 Å². The number of nitrogens with zero attached hydrogens (tertiary/aromatic N) is 3. The van der Waals surface area contributed by atoms with Gasteiger partial charge in [-0.05, 0) is 25.8 Å². The van der Waals surface area contributed by atoms with Crippen molar-refractivity contribution in [3.63, 3.8) is 0 Å². The number of hydrogen-bond acceptors (Lipinski definition) is 5. The molecule has 2 aliphatic rings. The van der Waals surface area contributed by atoms with Gasteiger partial charge in [-0.1, -0.05) is 0 Å². The zero-order valence-electron chi connectivity index (χ0n) is 11.0. The molecular formula is C13H20N4O2. The average molecular weight is 264 g/mol. The van der Waals surface area contributed by atoms with Crippen LogP contribution in [-0.4, -0.2) is 47.2 Å². The molecule has 0 saturated carbocycles. The summed E-state index contributed by atoms with van der Waals surface area (Å²) in [6.45, 7) is 3.22. The molecule has 2 N–H and O–H groups in total. The molecule has 0 unspecified atom stereocenters. The maximum absolute atomic E-state index is 12.2. The van der Waals surface area contributed by atoms with Crippen LogP contribution in [0.1, 0.15) is 25.3 Å². The van der Waals surface area contributed by atoms with Crippen molar-refractivity contribution in [3.8, 4) is 0 Å². The Labute approximate surface area is 112 Å². The van der Waals surface area contributed by atoms with Gasteiger partial charge >= 0.3 is 0 Å². The van der Waals surface area contributed by atoms with E-state index in [2.05, 4.69) is 10.4 Å². The lowest BCUT2D eigenvalue weighted by Crippen LogP contribution is -2.38. The van der Waals surface area contributed by atoms with Crippen molar-refractivity contribution >= 4 is 5.69 Å². The van der Waals surface area contributed by atoms with E-state index >= 15 is 0 Å². The Balaban J connectivity index is 1.79. The van der Waals surface area contributed by atoms with Gasteiger partial charge in [-0.3, -0.25) is 4.79 Å². The van der Waals surface area contributed by atoms with Crippen molar-refractivity contribution in [2.45, 2.75) is 31.4 Å². The second kappa shape index (κ2) is 5.30. The fraction of sp³-hybridized carbons (Fsp3) is 0.692. The highest BCUT2D eigenvalue weighted by Gasteiger charge is 2.22. The molecular weight excluding hydrogens is 244 g/mol. The van der Waals surface area contributed by atoms with Gasteiger partial charge in [-0.15, -0.1) is 0 Å². The monoisotopic (exact) mass is 264 g/mol. The van der Waals surface area contributed by atoms with Gasteiger partial charge in [0.1, 0.15) is 0 Å². The smallest absolute Gasteiger partial charge is 0.269 e. The number of hydrogen-bond donors (Lipinski definition) is 2. The van der Waals surface area contributed by atoms with Crippen LogP contribution in [0.3, 0.4) is 0 Å². The van der Waals surface area contributed by atoms with E-state index in [-0.39, 0.29) is 17.7 Å². The number of aliphatic hydroxyl groups is 1. The highest BCUT2D eigenvalue weighted by Crippen LogP contribution is 2.19. The summed E-state index contributed by atoms with van der Waals surface area (Å²) in [5.41, 5.74) is 0.772. The normalized spacial score (nSPS) is 27.7. The lowest BCUT2D eigenvalue weighted by atomic mass is 10.1. The minimum Gasteiger partial charge on any atom is -0.391 e. The third-order valence-corrected chi connectivity index (χ3v) is 3.96. The largest absolute Gasteiger partial charge is 0.391 e. The fourth-order valence-corrected chi connectivity index (χ4v) is 2.87. The van der Waals surface area contributed by atoms with Crippen molar-refractivity contribution in [2.24, 2.45) is 0 Å². The van der Waals surface area contributed by atoms with E-state index in [0.29, 0.717) is 6.54 Å². The molecule has 2 fully saturated rings. The van der Waals surface area contributed by atoms with E-state index in [1.54, 1.807) is 16.9 Å². The number of β-amino-alcohol motifs (C(OH)–C–C–N with tert-alkyl or cyclic N) is 1. The van der Waals surface area contributed by atoms with Crippen molar-refractivity contribution < 1.29 is 5.11 Å². The molecule has 0 amide bonds. The average Bonchev–Trinajstić information content (AvgIpc) is 2.86. The minimum atomic E-state index is -0.287. The molecule has 6 heteroatoms. The van der Waals surface area contributed by atoms with E-state index in [4.69, 9.17) is 0 Å². The van der Waals surface area contributed by atoms with Crippen LogP contribution in [0.4, 0.5) is 5.69 Å². The number of piperidine rings is 1. The third kappa shape index (κ3) is 2.64. The van der Waals surface area contributed by atoms with E-state index < -0.39 is 0 Å². The second-order valence-electron chi connectivity index (χ2n) is 5.39. The lowest BCUT2D eigenvalue weighted by Gasteiger charge is -2.24. The van der Waals surface area contributed by atoms with Crippen LogP contribution >= 0.6 is 0 Å². The summed E-state index contributed by atoms with van der Waals surface area (Å²) in [7, 11) is 0. The quantitative estimate of drug-likeness (QED) is 0.770. The van der Waals surface area contributed by atoms with Gasteiger partial charge in [0, 0.05) is 25.7 Å². The van der Waals surface area contributed by atoms with Crippen molar-refractivity contribution in [2.75, 3.05) is 31.1 Å². The summed E-state index contributed by atoms with van der Waals surface area (Å²) in [4.78, 5) is 14.2. The number of anilines is 1. The standard InChI is InChI=1S/C13H20N4O2/c18-12-3-5-16(9-12)11-6-13(19)17(15-8-11)10-2-1-4-14-7-10/h6,8,10,12,14,18H,1-5,7,9H2/t10-,12-/m0/s1. The third-order valence-electron chi connectivity index (χ3n) is 3.96. The molecule has 1 aromatic heterocycles. The van der Waals surface area contributed by atoms with Gasteiger partial charge in [-0.25, -0.2) is 4.68 Å². The van der Waals surface area contributed by atoms with Crippen LogP contribution in [-0.2, 0) is 0 Å². The first-order valence-corrected chi connectivity index (χ1v) is 6.96. The minimum absolute atomic E-state index is 0.0485. The highest BCUT2D eigenvalue weighted by atomic mass is 16.3. The molecule has 3 heterocycles. The summed E-state index contributed by atoms with van der Waals surface area (Å²) in [6, 6.07) is 1.80. The Morgan fingerprint density at radius 1 is 1.42 bits per heavy atom. The number of aliphatic hydroxyl groups excluding tert-OH is 1. The number of rotatable bonds is 2. The van der Waals surface area contributed by atoms with E-state index in [0.717, 1.165) is 44.6 Å². The van der Waals surface area contributed by atoms with Gasteiger partial charge in [0.2, 0.25) is 0 Å². The van der Waals surface area contributed by atoms with Gasteiger partial charge in [0.15, 0.2) is 0 Å². The Hall–Kier alpha value is -1.40. The van der Waals surface area contributed by atoms with Gasteiger partial charge in [0.05, 0.1) is 24.0 Å². The molecule has 0 spiro atoms. The first-order chi connectivity index (χ1) is 9.24. The summed E-state index contributed by atoms with van der Waals surface area (Å²) in [5.74, 6) is 0. The predicted octanol–water partition coefficient (Wildman–Crippen LogP) is -0.261. The molecule has 104 valence electrons. The van der Waals surface area contributed by atoms with Crippen LogP contribution in [0.15, 0.2) is 17.1 Å². The molecule has 0 aromatic carbocycles. The van der Waals surface area contributed by atoms with Gasteiger partial charge in [0.25, 0.3) is 5.56 Å². The maximum Gasteiger partial charge on any atom is 0.269 e. The Kier molecular flexibility index (Phi) is 3.52. The number of aromatic nitrogens is 2. The zero-order chi connectivity index (χ0) is 13.2. The molecule has 6 nitrogen and oxygen atoms in total. The molecule has 0 bridgehead atoms. The first-order valence-electron chi connectivity index (χ1n) is 6.96. The Morgan fingerprint density at radius 3 is 2.95 bits per heavy atom. The van der Waals surface area contributed by atoms with E-state index in [9.17, 15) is 9.90 Å². The summed E-state index contributed by atoms with van der Waals surface area (Å²) in [5, 5.41) is 17.1. The Morgan fingerprint density at radius 2 is 2.32 bits per heavy atom. The molecule has 2 saturated heterocycles. The topological polar surface area (TPSA) is 70.4 Å². The molecule has 2 aliphatic heterocycles. The summed E-state index contributed by atoms with van der Waals surface area (Å²) < 4.78 is 1.59. The molecule has 0 aliphatic carbocycles. The first kappa shape index (κ1) is 12.6. The predicted molar refractivity (Wildman–Crippen MR) is 72.5 cm³/mol. The molecule has 1 aromatic rings. The van der Waals surface area contributed by atoms with Gasteiger partial charge < -0.3 is 15.3 Å². The lowest BCUT2D eigenvalue weighted by molar-refractivity contribution is 0.198. The van der Waals surface area contributed by atoms with Crippen LogP contribution in [0.25, 0.3) is 0 Å². The van der Waals surface area contributed by atoms with Crippen molar-refractivity contribution in [3.05, 3.63) is 22.6 Å².